The fourth-order valence-electron chi connectivity index (χ4n) is 2.46. The van der Waals surface area contributed by atoms with Gasteiger partial charge in [-0.25, -0.2) is 17.5 Å². The fourth-order valence-corrected chi connectivity index (χ4v) is 4.30. The molecule has 0 radical (unpaired) electrons. The zero-order valence-corrected chi connectivity index (χ0v) is 19.6. The summed E-state index contributed by atoms with van der Waals surface area (Å²) in [5, 5.41) is 8.22. The first-order valence-corrected chi connectivity index (χ1v) is 11.4. The van der Waals surface area contributed by atoms with E-state index in [1.165, 1.54) is 26.2 Å². The van der Waals surface area contributed by atoms with E-state index in [1.807, 2.05) is 13.8 Å². The Hall–Kier alpha value is -2.43. The SMILES string of the molecule is CC(C)NC(=O)Nc1ccc(CNC(=O)c2ccc(Br)c(S(=O)(=O)N(C)C)c2)cc1. The number of hydrogen-bond acceptors (Lipinski definition) is 4. The van der Waals surface area contributed by atoms with Crippen molar-refractivity contribution in [1.29, 1.82) is 0 Å². The normalized spacial score (nSPS) is 11.4. The Morgan fingerprint density at radius 2 is 1.70 bits per heavy atom. The third-order valence-corrected chi connectivity index (χ3v) is 6.85. The third-order valence-electron chi connectivity index (χ3n) is 4.04. The maximum absolute atomic E-state index is 12.5. The minimum absolute atomic E-state index is 0.0234. The summed E-state index contributed by atoms with van der Waals surface area (Å²) in [7, 11) is -0.826. The fraction of sp³-hybridized carbons (Fsp3) is 0.300. The molecule has 2 aromatic rings. The van der Waals surface area contributed by atoms with Crippen LogP contribution in [-0.2, 0) is 16.6 Å². The van der Waals surface area contributed by atoms with Crippen LogP contribution in [0.25, 0.3) is 0 Å². The quantitative estimate of drug-likeness (QED) is 0.546. The van der Waals surface area contributed by atoms with Gasteiger partial charge < -0.3 is 16.0 Å². The molecular weight excluding hydrogens is 472 g/mol. The van der Waals surface area contributed by atoms with Crippen LogP contribution in [-0.4, -0.2) is 44.8 Å². The van der Waals surface area contributed by atoms with Gasteiger partial charge in [-0.1, -0.05) is 12.1 Å². The molecule has 0 aliphatic heterocycles. The van der Waals surface area contributed by atoms with Gasteiger partial charge in [-0.15, -0.1) is 0 Å². The summed E-state index contributed by atoms with van der Waals surface area (Å²) in [5.41, 5.74) is 1.70. The molecule has 2 rings (SSSR count). The Morgan fingerprint density at radius 1 is 1.07 bits per heavy atom. The Bertz CT molecular complexity index is 1020. The number of carbonyl (C=O) groups excluding carboxylic acids is 2. The van der Waals surface area contributed by atoms with E-state index in [0.29, 0.717) is 10.2 Å². The predicted molar refractivity (Wildman–Crippen MR) is 120 cm³/mol. The molecule has 162 valence electrons. The minimum atomic E-state index is -3.69. The first-order valence-electron chi connectivity index (χ1n) is 9.17. The van der Waals surface area contributed by atoms with E-state index >= 15 is 0 Å². The summed E-state index contributed by atoms with van der Waals surface area (Å²) in [4.78, 5) is 24.2. The van der Waals surface area contributed by atoms with Gasteiger partial charge in [0, 0.05) is 42.4 Å². The number of sulfonamides is 1. The highest BCUT2D eigenvalue weighted by molar-refractivity contribution is 9.10. The van der Waals surface area contributed by atoms with Crippen LogP contribution in [0, 0.1) is 0 Å². The average molecular weight is 497 g/mol. The number of carbonyl (C=O) groups is 2. The van der Waals surface area contributed by atoms with E-state index in [-0.39, 0.29) is 29.1 Å². The van der Waals surface area contributed by atoms with Gasteiger partial charge in [0.05, 0.1) is 4.90 Å². The zero-order valence-electron chi connectivity index (χ0n) is 17.2. The molecule has 0 aromatic heterocycles. The molecule has 0 saturated carbocycles. The highest BCUT2D eigenvalue weighted by Gasteiger charge is 2.22. The summed E-state index contributed by atoms with van der Waals surface area (Å²) in [6, 6.07) is 11.2. The molecule has 0 unspecified atom stereocenters. The zero-order chi connectivity index (χ0) is 22.5. The van der Waals surface area contributed by atoms with Gasteiger partial charge in [-0.05, 0) is 65.7 Å². The summed E-state index contributed by atoms with van der Waals surface area (Å²) >= 11 is 3.22. The lowest BCUT2D eigenvalue weighted by Crippen LogP contribution is -2.34. The number of nitrogens with one attached hydrogen (secondary N) is 3. The highest BCUT2D eigenvalue weighted by Crippen LogP contribution is 2.25. The van der Waals surface area contributed by atoms with Gasteiger partial charge in [0.15, 0.2) is 0 Å². The predicted octanol–water partition coefficient (Wildman–Crippen LogP) is 3.16. The van der Waals surface area contributed by atoms with Crippen molar-refractivity contribution < 1.29 is 18.0 Å². The van der Waals surface area contributed by atoms with Crippen LogP contribution in [0.1, 0.15) is 29.8 Å². The Morgan fingerprint density at radius 3 is 2.27 bits per heavy atom. The molecule has 10 heteroatoms. The van der Waals surface area contributed by atoms with Gasteiger partial charge in [-0.2, -0.15) is 0 Å². The number of halogens is 1. The number of anilines is 1. The molecule has 0 fully saturated rings. The van der Waals surface area contributed by atoms with Crippen molar-refractivity contribution in [1.82, 2.24) is 14.9 Å². The molecule has 0 spiro atoms. The van der Waals surface area contributed by atoms with Crippen LogP contribution in [0.15, 0.2) is 51.8 Å². The van der Waals surface area contributed by atoms with Crippen molar-refractivity contribution in [2.24, 2.45) is 0 Å². The summed E-state index contributed by atoms with van der Waals surface area (Å²) in [6.45, 7) is 3.99. The first-order chi connectivity index (χ1) is 14.0. The van der Waals surface area contributed by atoms with E-state index < -0.39 is 15.9 Å². The minimum Gasteiger partial charge on any atom is -0.348 e. The van der Waals surface area contributed by atoms with Crippen molar-refractivity contribution >= 4 is 43.6 Å². The molecule has 8 nitrogen and oxygen atoms in total. The lowest BCUT2D eigenvalue weighted by Gasteiger charge is -2.14. The van der Waals surface area contributed by atoms with Crippen molar-refractivity contribution in [2.75, 3.05) is 19.4 Å². The van der Waals surface area contributed by atoms with Crippen LogP contribution >= 0.6 is 15.9 Å². The molecule has 0 bridgehead atoms. The van der Waals surface area contributed by atoms with Gasteiger partial charge in [0.25, 0.3) is 5.91 Å². The first kappa shape index (κ1) is 23.8. The van der Waals surface area contributed by atoms with Crippen LogP contribution in [0.2, 0.25) is 0 Å². The molecule has 2 aromatic carbocycles. The second-order valence-electron chi connectivity index (χ2n) is 7.07. The van der Waals surface area contributed by atoms with Crippen LogP contribution in [0.4, 0.5) is 10.5 Å². The van der Waals surface area contributed by atoms with Crippen LogP contribution < -0.4 is 16.0 Å². The molecule has 0 aliphatic rings. The van der Waals surface area contributed by atoms with E-state index in [4.69, 9.17) is 0 Å². The van der Waals surface area contributed by atoms with Crippen molar-refractivity contribution in [2.45, 2.75) is 31.3 Å². The number of amides is 3. The maximum atomic E-state index is 12.5. The Labute approximate surface area is 185 Å². The summed E-state index contributed by atoms with van der Waals surface area (Å²) in [6.07, 6.45) is 0. The Balaban J connectivity index is 2.03. The van der Waals surface area contributed by atoms with E-state index in [2.05, 4.69) is 31.9 Å². The van der Waals surface area contributed by atoms with Gasteiger partial charge in [0.1, 0.15) is 0 Å². The van der Waals surface area contributed by atoms with Gasteiger partial charge in [-0.3, -0.25) is 4.79 Å². The number of benzene rings is 2. The van der Waals surface area contributed by atoms with E-state index in [9.17, 15) is 18.0 Å². The molecule has 0 saturated heterocycles. The number of urea groups is 1. The number of nitrogens with zero attached hydrogens (tertiary/aromatic N) is 1. The number of rotatable bonds is 7. The van der Waals surface area contributed by atoms with Gasteiger partial charge in [0.2, 0.25) is 10.0 Å². The largest absolute Gasteiger partial charge is 0.348 e. The third kappa shape index (κ3) is 6.28. The highest BCUT2D eigenvalue weighted by atomic mass is 79.9. The molecule has 0 atom stereocenters. The molecular formula is C20H25BrN4O4S. The topological polar surface area (TPSA) is 108 Å². The molecule has 3 amide bonds. The number of hydrogen-bond donors (Lipinski definition) is 3. The van der Waals surface area contributed by atoms with Crippen molar-refractivity contribution in [3.8, 4) is 0 Å². The summed E-state index contributed by atoms with van der Waals surface area (Å²) in [5.74, 6) is -0.392. The second-order valence-corrected chi connectivity index (χ2v) is 10.0. The Kier molecular flexibility index (Phi) is 7.99. The monoisotopic (exact) mass is 496 g/mol. The second kappa shape index (κ2) is 10.1. The maximum Gasteiger partial charge on any atom is 0.319 e. The van der Waals surface area contributed by atoms with E-state index in [0.717, 1.165) is 9.87 Å². The molecule has 0 aliphatic carbocycles. The van der Waals surface area contributed by atoms with Crippen LogP contribution in [0.3, 0.4) is 0 Å². The molecule has 3 N–H and O–H groups in total. The average Bonchev–Trinajstić information content (AvgIpc) is 2.66. The smallest absolute Gasteiger partial charge is 0.319 e. The van der Waals surface area contributed by atoms with Crippen LogP contribution in [0.5, 0.6) is 0 Å². The van der Waals surface area contributed by atoms with E-state index in [1.54, 1.807) is 30.3 Å². The lowest BCUT2D eigenvalue weighted by atomic mass is 10.2. The molecule has 0 heterocycles. The standard InChI is InChI=1S/C20H25BrN4O4S/c1-13(2)23-20(27)24-16-8-5-14(6-9-16)12-22-19(26)15-7-10-17(21)18(11-15)30(28,29)25(3)4/h5-11,13H,12H2,1-4H3,(H,22,26)(H2,23,24,27). The summed E-state index contributed by atoms with van der Waals surface area (Å²) < 4.78 is 26.3. The molecule has 30 heavy (non-hydrogen) atoms. The lowest BCUT2D eigenvalue weighted by molar-refractivity contribution is 0.0950. The van der Waals surface area contributed by atoms with Crippen molar-refractivity contribution in [3.05, 3.63) is 58.1 Å². The van der Waals surface area contributed by atoms with Gasteiger partial charge >= 0.3 is 6.03 Å². The van der Waals surface area contributed by atoms with Crippen molar-refractivity contribution in [3.63, 3.8) is 0 Å².